The molecule has 6 heteroatoms. The highest BCUT2D eigenvalue weighted by atomic mass is 16.5. The van der Waals surface area contributed by atoms with Gasteiger partial charge in [0, 0.05) is 19.2 Å². The predicted molar refractivity (Wildman–Crippen MR) is 73.1 cm³/mol. The fraction of sp³-hybridized carbons (Fsp3) is 0.267. The van der Waals surface area contributed by atoms with E-state index in [1.165, 1.54) is 0 Å². The van der Waals surface area contributed by atoms with E-state index in [1.54, 1.807) is 30.0 Å². The normalized spacial score (nSPS) is 13.9. The zero-order valence-electron chi connectivity index (χ0n) is 11.5. The van der Waals surface area contributed by atoms with Crippen molar-refractivity contribution >= 4 is 11.9 Å². The molecule has 1 aromatic carbocycles. The van der Waals surface area contributed by atoms with Crippen molar-refractivity contribution in [3.8, 4) is 0 Å². The molecule has 1 amide bonds. The molecule has 2 heterocycles. The van der Waals surface area contributed by atoms with Crippen LogP contribution in [0, 0.1) is 6.92 Å². The number of fused-ring (bicyclic) bond motifs is 1. The molecule has 1 aromatic heterocycles. The van der Waals surface area contributed by atoms with Crippen molar-refractivity contribution in [1.82, 2.24) is 10.1 Å². The molecular formula is C15H14N2O4. The fourth-order valence-electron chi connectivity index (χ4n) is 2.49. The Morgan fingerprint density at radius 1 is 1.29 bits per heavy atom. The minimum Gasteiger partial charge on any atom is -0.478 e. The van der Waals surface area contributed by atoms with Gasteiger partial charge in [0.1, 0.15) is 5.76 Å². The van der Waals surface area contributed by atoms with Gasteiger partial charge in [0.25, 0.3) is 5.91 Å². The van der Waals surface area contributed by atoms with Gasteiger partial charge in [-0.25, -0.2) is 4.79 Å². The van der Waals surface area contributed by atoms with Crippen LogP contribution in [0.2, 0.25) is 0 Å². The van der Waals surface area contributed by atoms with E-state index in [0.29, 0.717) is 25.3 Å². The van der Waals surface area contributed by atoms with Gasteiger partial charge < -0.3 is 14.5 Å². The Kier molecular flexibility index (Phi) is 3.21. The van der Waals surface area contributed by atoms with Gasteiger partial charge in [-0.05, 0) is 36.6 Å². The summed E-state index contributed by atoms with van der Waals surface area (Å²) < 4.78 is 4.92. The number of aromatic nitrogens is 1. The first kappa shape index (κ1) is 13.4. The molecule has 0 fully saturated rings. The van der Waals surface area contributed by atoms with Gasteiger partial charge in [-0.1, -0.05) is 11.2 Å². The van der Waals surface area contributed by atoms with Crippen molar-refractivity contribution in [2.24, 2.45) is 0 Å². The van der Waals surface area contributed by atoms with Crippen LogP contribution < -0.4 is 0 Å². The standard InChI is InChI=1S/C15H14N2O4/c1-9-6-13(16-21-9)14(18)17-5-4-10-2-3-11(15(19)20)7-12(10)8-17/h2-3,6-7H,4-5,8H2,1H3,(H,19,20). The minimum absolute atomic E-state index is 0.196. The second-order valence-corrected chi connectivity index (χ2v) is 5.09. The number of carbonyl (C=O) groups excluding carboxylic acids is 1. The Morgan fingerprint density at radius 3 is 2.76 bits per heavy atom. The molecule has 6 nitrogen and oxygen atoms in total. The smallest absolute Gasteiger partial charge is 0.335 e. The molecule has 2 aromatic rings. The van der Waals surface area contributed by atoms with Gasteiger partial charge in [0.2, 0.25) is 0 Å². The quantitative estimate of drug-likeness (QED) is 0.911. The van der Waals surface area contributed by atoms with Crippen LogP contribution in [0.5, 0.6) is 0 Å². The number of nitrogens with zero attached hydrogens (tertiary/aromatic N) is 2. The highest BCUT2D eigenvalue weighted by Crippen LogP contribution is 2.22. The van der Waals surface area contributed by atoms with E-state index in [1.807, 2.05) is 6.07 Å². The number of carboxylic acids is 1. The molecule has 1 N–H and O–H groups in total. The van der Waals surface area contributed by atoms with Crippen molar-refractivity contribution in [2.45, 2.75) is 19.9 Å². The van der Waals surface area contributed by atoms with Crippen molar-refractivity contribution in [3.05, 3.63) is 52.4 Å². The molecule has 3 rings (SSSR count). The third-order valence-corrected chi connectivity index (χ3v) is 3.60. The zero-order valence-corrected chi connectivity index (χ0v) is 11.5. The molecule has 0 saturated carbocycles. The average molecular weight is 286 g/mol. The van der Waals surface area contributed by atoms with E-state index in [0.717, 1.165) is 11.1 Å². The molecule has 0 saturated heterocycles. The summed E-state index contributed by atoms with van der Waals surface area (Å²) in [4.78, 5) is 25.0. The van der Waals surface area contributed by atoms with E-state index in [-0.39, 0.29) is 17.2 Å². The monoisotopic (exact) mass is 286 g/mol. The van der Waals surface area contributed by atoms with Crippen molar-refractivity contribution in [1.29, 1.82) is 0 Å². The maximum absolute atomic E-state index is 12.3. The average Bonchev–Trinajstić information content (AvgIpc) is 2.91. The highest BCUT2D eigenvalue weighted by molar-refractivity contribution is 5.92. The first-order chi connectivity index (χ1) is 10.0. The van der Waals surface area contributed by atoms with E-state index < -0.39 is 5.97 Å². The number of aryl methyl sites for hydroxylation is 1. The van der Waals surface area contributed by atoms with Crippen LogP contribution in [-0.4, -0.2) is 33.6 Å². The Labute approximate surface area is 121 Å². The molecule has 0 spiro atoms. The Balaban J connectivity index is 1.84. The molecule has 0 unspecified atom stereocenters. The summed E-state index contributed by atoms with van der Waals surface area (Å²) in [6, 6.07) is 6.65. The van der Waals surface area contributed by atoms with Gasteiger partial charge >= 0.3 is 5.97 Å². The van der Waals surface area contributed by atoms with Gasteiger partial charge in [-0.3, -0.25) is 4.79 Å². The van der Waals surface area contributed by atoms with Crippen LogP contribution in [0.15, 0.2) is 28.8 Å². The van der Waals surface area contributed by atoms with E-state index in [4.69, 9.17) is 9.63 Å². The van der Waals surface area contributed by atoms with Crippen molar-refractivity contribution in [3.63, 3.8) is 0 Å². The molecular weight excluding hydrogens is 272 g/mol. The number of hydrogen-bond donors (Lipinski definition) is 1. The highest BCUT2D eigenvalue weighted by Gasteiger charge is 2.24. The van der Waals surface area contributed by atoms with Crippen LogP contribution >= 0.6 is 0 Å². The number of aromatic carboxylic acids is 1. The first-order valence-electron chi connectivity index (χ1n) is 6.62. The first-order valence-corrected chi connectivity index (χ1v) is 6.62. The van der Waals surface area contributed by atoms with Gasteiger partial charge in [0.05, 0.1) is 5.56 Å². The summed E-state index contributed by atoms with van der Waals surface area (Å²) in [5.41, 5.74) is 2.47. The zero-order chi connectivity index (χ0) is 15.0. The van der Waals surface area contributed by atoms with Gasteiger partial charge in [-0.15, -0.1) is 0 Å². The topological polar surface area (TPSA) is 83.6 Å². The summed E-state index contributed by atoms with van der Waals surface area (Å²) in [5, 5.41) is 12.8. The SMILES string of the molecule is Cc1cc(C(=O)N2CCc3ccc(C(=O)O)cc3C2)no1. The second kappa shape index (κ2) is 5.05. The number of benzene rings is 1. The van der Waals surface area contributed by atoms with Crippen LogP contribution in [0.25, 0.3) is 0 Å². The molecule has 0 radical (unpaired) electrons. The lowest BCUT2D eigenvalue weighted by Crippen LogP contribution is -2.36. The van der Waals surface area contributed by atoms with E-state index in [9.17, 15) is 9.59 Å². The van der Waals surface area contributed by atoms with Gasteiger partial charge in [-0.2, -0.15) is 0 Å². The molecule has 0 atom stereocenters. The molecule has 1 aliphatic rings. The fourth-order valence-corrected chi connectivity index (χ4v) is 2.49. The van der Waals surface area contributed by atoms with E-state index >= 15 is 0 Å². The number of carboxylic acid groups (broad SMARTS) is 1. The Hall–Kier alpha value is -2.63. The number of hydrogen-bond acceptors (Lipinski definition) is 4. The molecule has 1 aliphatic heterocycles. The number of amides is 1. The lowest BCUT2D eigenvalue weighted by Gasteiger charge is -2.28. The van der Waals surface area contributed by atoms with Gasteiger partial charge in [0.15, 0.2) is 5.69 Å². The lowest BCUT2D eigenvalue weighted by molar-refractivity contribution is 0.0696. The second-order valence-electron chi connectivity index (χ2n) is 5.09. The maximum Gasteiger partial charge on any atom is 0.335 e. The van der Waals surface area contributed by atoms with Crippen LogP contribution in [0.1, 0.15) is 37.7 Å². The van der Waals surface area contributed by atoms with Crippen LogP contribution in [-0.2, 0) is 13.0 Å². The summed E-state index contributed by atoms with van der Waals surface area (Å²) in [6.07, 6.45) is 0.706. The molecule has 0 aliphatic carbocycles. The summed E-state index contributed by atoms with van der Waals surface area (Å²) in [5.74, 6) is -0.574. The summed E-state index contributed by atoms with van der Waals surface area (Å²) in [6.45, 7) is 2.71. The van der Waals surface area contributed by atoms with Crippen molar-refractivity contribution in [2.75, 3.05) is 6.54 Å². The maximum atomic E-state index is 12.3. The number of rotatable bonds is 2. The third kappa shape index (κ3) is 2.52. The minimum atomic E-state index is -0.964. The summed E-state index contributed by atoms with van der Waals surface area (Å²) in [7, 11) is 0. The molecule has 0 bridgehead atoms. The Morgan fingerprint density at radius 2 is 2.10 bits per heavy atom. The van der Waals surface area contributed by atoms with E-state index in [2.05, 4.69) is 5.16 Å². The molecule has 21 heavy (non-hydrogen) atoms. The third-order valence-electron chi connectivity index (χ3n) is 3.60. The number of carbonyl (C=O) groups is 2. The van der Waals surface area contributed by atoms with Crippen molar-refractivity contribution < 1.29 is 19.2 Å². The Bertz CT molecular complexity index is 720. The molecule has 108 valence electrons. The van der Waals surface area contributed by atoms with Crippen LogP contribution in [0.4, 0.5) is 0 Å². The summed E-state index contributed by atoms with van der Waals surface area (Å²) >= 11 is 0. The lowest BCUT2D eigenvalue weighted by atomic mass is 9.97. The predicted octanol–water partition coefficient (Wildman–Crippen LogP) is 1.88. The largest absolute Gasteiger partial charge is 0.478 e. The van der Waals surface area contributed by atoms with Crippen LogP contribution in [0.3, 0.4) is 0 Å².